The highest BCUT2D eigenvalue weighted by Gasteiger charge is 2.49. The van der Waals surface area contributed by atoms with E-state index < -0.39 is 28.9 Å². The number of nitrogens with one attached hydrogen (secondary N) is 1. The van der Waals surface area contributed by atoms with Crippen molar-refractivity contribution in [1.82, 2.24) is 20.0 Å². The average Bonchev–Trinajstić information content (AvgIpc) is 3.33. The molecule has 5 rings (SSSR count). The number of aliphatic hydroxyl groups excluding tert-OH is 1. The minimum Gasteiger partial charge on any atom is -0.509 e. The Balaban J connectivity index is 1.56. The highest BCUT2D eigenvalue weighted by molar-refractivity contribution is 6.30. The molecule has 0 amide bonds. The minimum absolute atomic E-state index is 0.0227. The lowest BCUT2D eigenvalue weighted by Gasteiger charge is -2.49. The van der Waals surface area contributed by atoms with Gasteiger partial charge in [-0.25, -0.2) is 23.8 Å². The fourth-order valence-electron chi connectivity index (χ4n) is 5.59. The molecule has 1 fully saturated rings. The van der Waals surface area contributed by atoms with E-state index in [1.165, 1.54) is 12.1 Å². The second-order valence-electron chi connectivity index (χ2n) is 10.9. The number of rotatable bonds is 7. The third-order valence-corrected chi connectivity index (χ3v) is 8.05. The first-order valence-electron chi connectivity index (χ1n) is 13.4. The summed E-state index contributed by atoms with van der Waals surface area (Å²) in [5.41, 5.74) is -0.715. The molecule has 0 spiro atoms. The number of fused-ring (bicyclic) bond motifs is 1. The molecule has 2 N–H and O–H groups in total. The topological polar surface area (TPSA) is 64.5 Å². The van der Waals surface area contributed by atoms with Crippen LogP contribution in [-0.4, -0.2) is 37.2 Å². The molecule has 0 saturated carbocycles. The van der Waals surface area contributed by atoms with E-state index in [1.807, 2.05) is 35.1 Å². The van der Waals surface area contributed by atoms with E-state index in [-0.39, 0.29) is 28.4 Å². The zero-order valence-electron chi connectivity index (χ0n) is 23.4. The molecule has 43 heavy (non-hydrogen) atoms. The van der Waals surface area contributed by atoms with E-state index >= 15 is 0 Å². The van der Waals surface area contributed by atoms with Crippen LogP contribution < -0.4 is 5.32 Å². The van der Waals surface area contributed by atoms with Crippen molar-refractivity contribution >= 4 is 17.3 Å². The van der Waals surface area contributed by atoms with Gasteiger partial charge in [0.2, 0.25) is 0 Å². The summed E-state index contributed by atoms with van der Waals surface area (Å²) in [7, 11) is 0. The molecule has 2 aromatic carbocycles. The number of halogens is 6. The zero-order chi connectivity index (χ0) is 31.3. The van der Waals surface area contributed by atoms with E-state index in [0.29, 0.717) is 48.8 Å². The second kappa shape index (κ2) is 10.9. The van der Waals surface area contributed by atoms with Gasteiger partial charge in [0.05, 0.1) is 29.0 Å². The van der Waals surface area contributed by atoms with Gasteiger partial charge in [-0.1, -0.05) is 43.0 Å². The summed E-state index contributed by atoms with van der Waals surface area (Å²) in [6.45, 7) is 12.0. The molecule has 1 atom stereocenters. The smallest absolute Gasteiger partial charge is 0.433 e. The third kappa shape index (κ3) is 5.83. The van der Waals surface area contributed by atoms with Crippen LogP contribution in [0, 0.1) is 0 Å². The van der Waals surface area contributed by atoms with Gasteiger partial charge in [0.1, 0.15) is 17.8 Å². The summed E-state index contributed by atoms with van der Waals surface area (Å²) >= 11 is 6.22. The summed E-state index contributed by atoms with van der Waals surface area (Å²) in [5.74, 6) is -3.25. The predicted molar refractivity (Wildman–Crippen MR) is 155 cm³/mol. The van der Waals surface area contributed by atoms with Crippen molar-refractivity contribution in [2.75, 3.05) is 11.9 Å². The van der Waals surface area contributed by atoms with Gasteiger partial charge in [-0.15, -0.1) is 0 Å². The normalized spacial score (nSPS) is 19.5. The minimum atomic E-state index is -4.77. The van der Waals surface area contributed by atoms with Gasteiger partial charge in [-0.05, 0) is 55.7 Å². The largest absolute Gasteiger partial charge is 0.509 e. The van der Waals surface area contributed by atoms with Crippen LogP contribution in [-0.2, 0) is 18.6 Å². The number of benzene rings is 2. The molecule has 3 aromatic rings. The third-order valence-electron chi connectivity index (χ3n) is 7.81. The molecule has 6 nitrogen and oxygen atoms in total. The molecule has 3 heterocycles. The quantitative estimate of drug-likeness (QED) is 0.259. The molecular weight excluding hydrogens is 589 g/mol. The Kier molecular flexibility index (Phi) is 7.77. The maximum absolute atomic E-state index is 14.3. The predicted octanol–water partition coefficient (Wildman–Crippen LogP) is 8.46. The first-order chi connectivity index (χ1) is 20.1. The van der Waals surface area contributed by atoms with Crippen LogP contribution in [0.1, 0.15) is 43.5 Å². The van der Waals surface area contributed by atoms with Gasteiger partial charge in [0.15, 0.2) is 0 Å². The second-order valence-corrected chi connectivity index (χ2v) is 11.3. The molecule has 226 valence electrons. The van der Waals surface area contributed by atoms with Crippen LogP contribution in [0.25, 0.3) is 11.3 Å². The van der Waals surface area contributed by atoms with Gasteiger partial charge < -0.3 is 15.4 Å². The molecule has 12 heteroatoms. The summed E-state index contributed by atoms with van der Waals surface area (Å²) in [6, 6.07) is 11.6. The Morgan fingerprint density at radius 1 is 1.12 bits per heavy atom. The maximum atomic E-state index is 14.3. The zero-order valence-corrected chi connectivity index (χ0v) is 24.2. The lowest BCUT2D eigenvalue weighted by Crippen LogP contribution is -2.56. The van der Waals surface area contributed by atoms with Crippen molar-refractivity contribution < 1.29 is 27.1 Å². The van der Waals surface area contributed by atoms with Crippen molar-refractivity contribution in [2.45, 2.75) is 50.9 Å². The molecule has 2 aliphatic heterocycles. The highest BCUT2D eigenvalue weighted by Crippen LogP contribution is 2.46. The van der Waals surface area contributed by atoms with Gasteiger partial charge in [-0.2, -0.15) is 13.2 Å². The van der Waals surface area contributed by atoms with E-state index in [1.54, 1.807) is 6.07 Å². The number of hydrazine groups is 1. The monoisotopic (exact) mass is 617 g/mol. The van der Waals surface area contributed by atoms with E-state index in [9.17, 15) is 27.1 Å². The van der Waals surface area contributed by atoms with Crippen LogP contribution in [0.5, 0.6) is 0 Å². The molecule has 0 radical (unpaired) electrons. The fraction of sp³-hybridized carbons (Fsp3) is 0.290. The van der Waals surface area contributed by atoms with Crippen LogP contribution in [0.3, 0.4) is 0 Å². The molecule has 2 aliphatic rings. The lowest BCUT2D eigenvalue weighted by molar-refractivity contribution is -0.141. The Bertz CT molecular complexity index is 1630. The van der Waals surface area contributed by atoms with Crippen LogP contribution in [0.15, 0.2) is 90.7 Å². The number of aliphatic hydroxyl groups is 1. The first-order valence-corrected chi connectivity index (χ1v) is 13.8. The standard InChI is InChI=1S/C31H29ClF5N5O/c1-18(27-19(2)41(16-20-7-5-8-22(32)13-20)42-12-6-11-29(42,3)28(27)43)40-24-10-9-21(30(4,33)34)14-23(24)25-15-26(31(35,36)37)39-17-38-25/h5,7-10,13-15,17,40,43H,1-2,6,11-12,16H2,3-4H3. The Morgan fingerprint density at radius 3 is 2.53 bits per heavy atom. The number of anilines is 1. The van der Waals surface area contributed by atoms with Crippen molar-refractivity contribution in [2.24, 2.45) is 0 Å². The Hall–Kier alpha value is -3.96. The molecular formula is C31H29ClF5N5O. The lowest BCUT2D eigenvalue weighted by atomic mass is 9.89. The summed E-state index contributed by atoms with van der Waals surface area (Å²) in [5, 5.41) is 19.2. The number of alkyl halides is 5. The van der Waals surface area contributed by atoms with E-state index in [2.05, 4.69) is 28.4 Å². The number of hydrogen-bond acceptors (Lipinski definition) is 6. The Labute approximate surface area is 250 Å². The van der Waals surface area contributed by atoms with Gasteiger partial charge in [-0.3, -0.25) is 0 Å². The average molecular weight is 618 g/mol. The SMILES string of the molecule is C=C(Nc1ccc(C(C)(F)F)cc1-c1cc(C(F)(F)F)ncn1)C1=C(O)C2(C)CCCN2N(Cc2cccc(Cl)c2)C1=C. The molecule has 1 saturated heterocycles. The van der Waals surface area contributed by atoms with Crippen LogP contribution >= 0.6 is 11.6 Å². The summed E-state index contributed by atoms with van der Waals surface area (Å²) in [6.07, 6.45) is -2.60. The van der Waals surface area contributed by atoms with Gasteiger partial charge in [0.25, 0.3) is 5.92 Å². The maximum Gasteiger partial charge on any atom is 0.433 e. The van der Waals surface area contributed by atoms with Crippen molar-refractivity contribution in [3.8, 4) is 11.3 Å². The Morgan fingerprint density at radius 2 is 1.86 bits per heavy atom. The van der Waals surface area contributed by atoms with Gasteiger partial charge in [0, 0.05) is 41.0 Å². The van der Waals surface area contributed by atoms with E-state index in [4.69, 9.17) is 11.6 Å². The number of aromatic nitrogens is 2. The van der Waals surface area contributed by atoms with E-state index in [0.717, 1.165) is 24.4 Å². The van der Waals surface area contributed by atoms with Crippen molar-refractivity contribution in [3.05, 3.63) is 113 Å². The molecule has 1 aromatic heterocycles. The van der Waals surface area contributed by atoms with Crippen molar-refractivity contribution in [3.63, 3.8) is 0 Å². The molecule has 1 unspecified atom stereocenters. The van der Waals surface area contributed by atoms with Crippen LogP contribution in [0.2, 0.25) is 5.02 Å². The van der Waals surface area contributed by atoms with Crippen molar-refractivity contribution in [1.29, 1.82) is 0 Å². The molecule has 0 bridgehead atoms. The summed E-state index contributed by atoms with van der Waals surface area (Å²) < 4.78 is 68.9. The number of hydrogen-bond donors (Lipinski definition) is 2. The molecule has 0 aliphatic carbocycles. The number of nitrogens with zero attached hydrogens (tertiary/aromatic N) is 4. The highest BCUT2D eigenvalue weighted by atomic mass is 35.5. The van der Waals surface area contributed by atoms with Crippen LogP contribution in [0.4, 0.5) is 27.6 Å². The fourth-order valence-corrected chi connectivity index (χ4v) is 5.80. The first kappa shape index (κ1) is 30.5. The van der Waals surface area contributed by atoms with Gasteiger partial charge >= 0.3 is 6.18 Å². The summed E-state index contributed by atoms with van der Waals surface area (Å²) in [4.78, 5) is 7.23.